The number of β-amino-alcohol motifs (C(OH)–C–C–N with tert-alkyl or cyclic N) is 1. The summed E-state index contributed by atoms with van der Waals surface area (Å²) in [6, 6.07) is 12.0. The lowest BCUT2D eigenvalue weighted by molar-refractivity contribution is -0.109. The highest BCUT2D eigenvalue weighted by Crippen LogP contribution is 2.36. The molecule has 7 nitrogen and oxygen atoms in total. The molecule has 2 heterocycles. The molecule has 1 aliphatic rings. The molecule has 3 aromatic rings. The van der Waals surface area contributed by atoms with E-state index in [1.807, 2.05) is 59.9 Å². The summed E-state index contributed by atoms with van der Waals surface area (Å²) in [5, 5.41) is 14.8. The van der Waals surface area contributed by atoms with Gasteiger partial charge in [-0.2, -0.15) is 0 Å². The van der Waals surface area contributed by atoms with E-state index in [0.717, 1.165) is 22.5 Å². The maximum absolute atomic E-state index is 13.5. The fourth-order valence-electron chi connectivity index (χ4n) is 3.89. The SMILES string of the molecule is COc1cc(/C=C/C2=NOC(C)(c3ccc(F)cc3)N2CC(C)(C)O)ccc1-n1cnc(C)c1. The molecule has 1 N–H and O–H groups in total. The monoisotopic (exact) mass is 464 g/mol. The van der Waals surface area contributed by atoms with Gasteiger partial charge in [-0.15, -0.1) is 0 Å². The summed E-state index contributed by atoms with van der Waals surface area (Å²) in [5.74, 6) is 0.916. The van der Waals surface area contributed by atoms with Gasteiger partial charge in [0.15, 0.2) is 5.84 Å². The van der Waals surface area contributed by atoms with Crippen LogP contribution in [0.2, 0.25) is 0 Å². The second kappa shape index (κ2) is 8.95. The molecule has 2 aromatic carbocycles. The van der Waals surface area contributed by atoms with Gasteiger partial charge in [0.05, 0.1) is 37.0 Å². The predicted octanol–water partition coefficient (Wildman–Crippen LogP) is 4.63. The Morgan fingerprint density at radius 2 is 1.91 bits per heavy atom. The number of ether oxygens (including phenoxy) is 1. The molecular formula is C26H29FN4O3. The van der Waals surface area contributed by atoms with E-state index >= 15 is 0 Å². The van der Waals surface area contributed by atoms with E-state index < -0.39 is 11.3 Å². The van der Waals surface area contributed by atoms with Gasteiger partial charge in [-0.3, -0.25) is 0 Å². The molecule has 0 bridgehead atoms. The van der Waals surface area contributed by atoms with Crippen LogP contribution in [0.5, 0.6) is 5.75 Å². The van der Waals surface area contributed by atoms with Crippen molar-refractivity contribution in [1.29, 1.82) is 0 Å². The van der Waals surface area contributed by atoms with E-state index in [2.05, 4.69) is 10.1 Å². The minimum atomic E-state index is -1.02. The molecule has 178 valence electrons. The van der Waals surface area contributed by atoms with Crippen molar-refractivity contribution in [2.24, 2.45) is 5.16 Å². The molecule has 1 aromatic heterocycles. The number of aryl methyl sites for hydroxylation is 1. The first-order chi connectivity index (χ1) is 16.1. The summed E-state index contributed by atoms with van der Waals surface area (Å²) in [6.45, 7) is 7.48. The minimum Gasteiger partial charge on any atom is -0.495 e. The largest absolute Gasteiger partial charge is 0.495 e. The fraction of sp³-hybridized carbons (Fsp3) is 0.308. The number of halogens is 1. The van der Waals surface area contributed by atoms with Gasteiger partial charge in [0.1, 0.15) is 11.6 Å². The van der Waals surface area contributed by atoms with Crippen LogP contribution in [0.4, 0.5) is 4.39 Å². The van der Waals surface area contributed by atoms with Gasteiger partial charge in [-0.05, 0) is 56.7 Å². The molecule has 0 saturated heterocycles. The number of hydrogen-bond donors (Lipinski definition) is 1. The summed E-state index contributed by atoms with van der Waals surface area (Å²) in [7, 11) is 1.63. The Morgan fingerprint density at radius 3 is 2.53 bits per heavy atom. The molecule has 34 heavy (non-hydrogen) atoms. The molecule has 1 unspecified atom stereocenters. The van der Waals surface area contributed by atoms with Crippen molar-refractivity contribution in [2.45, 2.75) is 39.0 Å². The van der Waals surface area contributed by atoms with Gasteiger partial charge in [0, 0.05) is 18.7 Å². The first-order valence-corrected chi connectivity index (χ1v) is 11.0. The molecule has 8 heteroatoms. The lowest BCUT2D eigenvalue weighted by Gasteiger charge is -2.37. The number of benzene rings is 2. The van der Waals surface area contributed by atoms with Crippen molar-refractivity contribution in [3.8, 4) is 11.4 Å². The van der Waals surface area contributed by atoms with Crippen LogP contribution >= 0.6 is 0 Å². The summed E-state index contributed by atoms with van der Waals surface area (Å²) < 4.78 is 21.0. The van der Waals surface area contributed by atoms with E-state index in [-0.39, 0.29) is 12.4 Å². The van der Waals surface area contributed by atoms with Gasteiger partial charge in [0.2, 0.25) is 5.72 Å². The zero-order valence-electron chi connectivity index (χ0n) is 20.0. The summed E-state index contributed by atoms with van der Waals surface area (Å²) in [4.78, 5) is 12.0. The lowest BCUT2D eigenvalue weighted by atomic mass is 9.99. The third kappa shape index (κ3) is 4.82. The summed E-state index contributed by atoms with van der Waals surface area (Å²) in [5.41, 5.74) is 1.42. The number of hydrogen-bond acceptors (Lipinski definition) is 6. The minimum absolute atomic E-state index is 0.256. The number of amidine groups is 1. The second-order valence-electron chi connectivity index (χ2n) is 9.12. The number of rotatable bonds is 7. The highest BCUT2D eigenvalue weighted by atomic mass is 19.1. The highest BCUT2D eigenvalue weighted by molar-refractivity contribution is 5.97. The lowest BCUT2D eigenvalue weighted by Crippen LogP contribution is -2.49. The van der Waals surface area contributed by atoms with Crippen molar-refractivity contribution in [3.05, 3.63) is 83.7 Å². The Hall–Kier alpha value is -3.65. The Kier molecular flexibility index (Phi) is 6.18. The average Bonchev–Trinajstić information content (AvgIpc) is 3.35. The Balaban J connectivity index is 1.63. The van der Waals surface area contributed by atoms with E-state index in [9.17, 15) is 9.50 Å². The third-order valence-electron chi connectivity index (χ3n) is 5.65. The highest BCUT2D eigenvalue weighted by Gasteiger charge is 2.44. The average molecular weight is 465 g/mol. The van der Waals surface area contributed by atoms with Crippen molar-refractivity contribution in [3.63, 3.8) is 0 Å². The van der Waals surface area contributed by atoms with Gasteiger partial charge < -0.3 is 24.1 Å². The van der Waals surface area contributed by atoms with Crippen molar-refractivity contribution in [1.82, 2.24) is 14.5 Å². The molecule has 0 amide bonds. The Labute approximate surface area is 198 Å². The van der Waals surface area contributed by atoms with Crippen LogP contribution in [0.25, 0.3) is 11.8 Å². The first kappa shape index (κ1) is 23.5. The van der Waals surface area contributed by atoms with Crippen LogP contribution in [0, 0.1) is 12.7 Å². The van der Waals surface area contributed by atoms with Crippen LogP contribution in [0.3, 0.4) is 0 Å². The Morgan fingerprint density at radius 1 is 1.18 bits per heavy atom. The Bertz CT molecular complexity index is 1230. The standard InChI is InChI=1S/C26H29FN4O3/c1-18-15-30(17-28-18)22-12-6-19(14-23(22)33-5)7-13-24-29-34-26(4,31(24)16-25(2,3)32)20-8-10-21(27)11-9-20/h6-15,17,32H,16H2,1-5H3/b13-7+. The zero-order chi connectivity index (χ0) is 24.5. The summed E-state index contributed by atoms with van der Waals surface area (Å²) in [6.07, 6.45) is 7.42. The number of oxime groups is 1. The number of aliphatic hydroxyl groups is 1. The molecule has 1 aliphatic heterocycles. The van der Waals surface area contributed by atoms with Gasteiger partial charge in [-0.25, -0.2) is 9.37 Å². The fourth-order valence-corrected chi connectivity index (χ4v) is 3.89. The molecule has 1 atom stereocenters. The molecule has 0 fully saturated rings. The van der Waals surface area contributed by atoms with Crippen LogP contribution in [-0.4, -0.2) is 44.6 Å². The number of methoxy groups -OCH3 is 1. The zero-order valence-corrected chi connectivity index (χ0v) is 20.0. The number of aromatic nitrogens is 2. The first-order valence-electron chi connectivity index (χ1n) is 11.0. The van der Waals surface area contributed by atoms with Crippen LogP contribution in [0.15, 0.2) is 66.2 Å². The molecular weight excluding hydrogens is 435 g/mol. The molecule has 0 spiro atoms. The third-order valence-corrected chi connectivity index (χ3v) is 5.65. The quantitative estimate of drug-likeness (QED) is 0.552. The maximum Gasteiger partial charge on any atom is 0.234 e. The topological polar surface area (TPSA) is 72.1 Å². The van der Waals surface area contributed by atoms with E-state index in [1.54, 1.807) is 39.4 Å². The van der Waals surface area contributed by atoms with Crippen LogP contribution in [0.1, 0.15) is 37.6 Å². The van der Waals surface area contributed by atoms with Crippen molar-refractivity contribution >= 4 is 11.9 Å². The maximum atomic E-state index is 13.5. The number of imidazole rings is 1. The van der Waals surface area contributed by atoms with Gasteiger partial charge in [-0.1, -0.05) is 29.4 Å². The van der Waals surface area contributed by atoms with E-state index in [1.165, 1.54) is 12.1 Å². The molecule has 0 radical (unpaired) electrons. The smallest absolute Gasteiger partial charge is 0.234 e. The van der Waals surface area contributed by atoms with Crippen molar-refractivity contribution in [2.75, 3.05) is 13.7 Å². The van der Waals surface area contributed by atoms with Gasteiger partial charge in [0.25, 0.3) is 0 Å². The van der Waals surface area contributed by atoms with Crippen LogP contribution in [-0.2, 0) is 10.6 Å². The number of nitrogens with zero attached hydrogens (tertiary/aromatic N) is 4. The van der Waals surface area contributed by atoms with Crippen molar-refractivity contribution < 1.29 is 19.1 Å². The normalized spacial score (nSPS) is 18.3. The molecule has 0 saturated carbocycles. The molecule has 0 aliphatic carbocycles. The van der Waals surface area contributed by atoms with Gasteiger partial charge >= 0.3 is 0 Å². The molecule has 4 rings (SSSR count). The van der Waals surface area contributed by atoms with E-state index in [4.69, 9.17) is 9.57 Å². The van der Waals surface area contributed by atoms with E-state index in [0.29, 0.717) is 11.6 Å². The predicted molar refractivity (Wildman–Crippen MR) is 129 cm³/mol. The second-order valence-corrected chi connectivity index (χ2v) is 9.12. The summed E-state index contributed by atoms with van der Waals surface area (Å²) >= 11 is 0. The van der Waals surface area contributed by atoms with Crippen LogP contribution < -0.4 is 4.74 Å².